The quantitative estimate of drug-likeness (QED) is 0.716. The molecular weight excluding hydrogens is 322 g/mol. The van der Waals surface area contributed by atoms with Crippen molar-refractivity contribution < 1.29 is 0 Å². The van der Waals surface area contributed by atoms with Gasteiger partial charge in [0.05, 0.1) is 11.6 Å². The molecule has 0 aliphatic heterocycles. The second-order valence-electron chi connectivity index (χ2n) is 5.17. The second kappa shape index (κ2) is 6.99. The van der Waals surface area contributed by atoms with E-state index in [2.05, 4.69) is 26.7 Å². The summed E-state index contributed by atoms with van der Waals surface area (Å²) >= 11 is 5.89. The van der Waals surface area contributed by atoms with Gasteiger partial charge in [-0.1, -0.05) is 17.7 Å². The van der Waals surface area contributed by atoms with Gasteiger partial charge in [-0.2, -0.15) is 10.2 Å². The van der Waals surface area contributed by atoms with Crippen molar-refractivity contribution in [2.24, 2.45) is 0 Å². The third kappa shape index (κ3) is 4.00. The Morgan fingerprint density at radius 3 is 2.50 bits per heavy atom. The van der Waals surface area contributed by atoms with Gasteiger partial charge in [-0.15, -0.1) is 0 Å². The van der Waals surface area contributed by atoms with E-state index in [0.29, 0.717) is 22.4 Å². The fourth-order valence-electron chi connectivity index (χ4n) is 2.17. The van der Waals surface area contributed by atoms with E-state index in [4.69, 9.17) is 16.9 Å². The highest BCUT2D eigenvalue weighted by Gasteiger charge is 2.04. The smallest absolute Gasteiger partial charge is 0.229 e. The lowest BCUT2D eigenvalue weighted by molar-refractivity contribution is 1.11. The summed E-state index contributed by atoms with van der Waals surface area (Å²) in [4.78, 5) is 8.83. The Bertz CT molecular complexity index is 900. The third-order valence-electron chi connectivity index (χ3n) is 3.22. The Morgan fingerprint density at radius 2 is 1.75 bits per heavy atom. The molecule has 0 amide bonds. The summed E-state index contributed by atoms with van der Waals surface area (Å²) in [6, 6.07) is 18.5. The fraction of sp³-hybridized carbons (Fsp3) is 0.0556. The van der Waals surface area contributed by atoms with E-state index >= 15 is 0 Å². The summed E-state index contributed by atoms with van der Waals surface area (Å²) in [6.45, 7) is 1.89. The molecule has 0 atom stereocenters. The number of nitrogens with zero attached hydrogens (tertiary/aromatic N) is 3. The summed E-state index contributed by atoms with van der Waals surface area (Å²) in [5.41, 5.74) is 3.05. The number of aryl methyl sites for hydroxylation is 1. The molecule has 1 aromatic heterocycles. The lowest BCUT2D eigenvalue weighted by Gasteiger charge is -2.10. The molecule has 0 bridgehead atoms. The Labute approximate surface area is 145 Å². The second-order valence-corrected chi connectivity index (χ2v) is 5.60. The molecule has 0 spiro atoms. The maximum absolute atomic E-state index is 8.98. The predicted molar refractivity (Wildman–Crippen MR) is 95.9 cm³/mol. The first kappa shape index (κ1) is 15.8. The van der Waals surface area contributed by atoms with Crippen molar-refractivity contribution in [3.8, 4) is 6.07 Å². The monoisotopic (exact) mass is 335 g/mol. The van der Waals surface area contributed by atoms with Crippen molar-refractivity contribution in [1.82, 2.24) is 9.97 Å². The van der Waals surface area contributed by atoms with Crippen LogP contribution in [0.4, 0.5) is 23.1 Å². The van der Waals surface area contributed by atoms with Gasteiger partial charge in [-0.05, 0) is 49.4 Å². The molecule has 0 aliphatic rings. The average Bonchev–Trinajstić information content (AvgIpc) is 2.56. The van der Waals surface area contributed by atoms with Crippen LogP contribution < -0.4 is 10.6 Å². The molecule has 3 rings (SSSR count). The van der Waals surface area contributed by atoms with Crippen molar-refractivity contribution in [3.63, 3.8) is 0 Å². The molecule has 1 heterocycles. The van der Waals surface area contributed by atoms with E-state index < -0.39 is 0 Å². The first-order valence-electron chi connectivity index (χ1n) is 7.28. The lowest BCUT2D eigenvalue weighted by atomic mass is 10.2. The average molecular weight is 336 g/mol. The molecule has 118 valence electrons. The summed E-state index contributed by atoms with van der Waals surface area (Å²) in [5, 5.41) is 16.0. The van der Waals surface area contributed by atoms with Crippen LogP contribution in [0.15, 0.2) is 54.6 Å². The molecule has 0 aliphatic carbocycles. The zero-order chi connectivity index (χ0) is 16.9. The Kier molecular flexibility index (Phi) is 4.59. The number of anilines is 4. The van der Waals surface area contributed by atoms with Crippen LogP contribution in [-0.4, -0.2) is 9.97 Å². The minimum absolute atomic E-state index is 0.483. The van der Waals surface area contributed by atoms with E-state index in [1.807, 2.05) is 37.3 Å². The molecule has 2 N–H and O–H groups in total. The summed E-state index contributed by atoms with van der Waals surface area (Å²) in [7, 11) is 0. The highest BCUT2D eigenvalue weighted by atomic mass is 35.5. The number of nitrogens with one attached hydrogen (secondary N) is 2. The zero-order valence-electron chi connectivity index (χ0n) is 12.9. The van der Waals surface area contributed by atoms with Crippen molar-refractivity contribution in [3.05, 3.63) is 70.9 Å². The van der Waals surface area contributed by atoms with Crippen LogP contribution in [0.25, 0.3) is 0 Å². The molecular formula is C18H14ClN5. The lowest BCUT2D eigenvalue weighted by Crippen LogP contribution is -2.02. The molecule has 6 heteroatoms. The van der Waals surface area contributed by atoms with E-state index in [1.54, 1.807) is 24.3 Å². The van der Waals surface area contributed by atoms with Crippen LogP contribution in [0.1, 0.15) is 11.3 Å². The predicted octanol–water partition coefficient (Wildman–Crippen LogP) is 4.80. The first-order chi connectivity index (χ1) is 11.6. The van der Waals surface area contributed by atoms with Crippen molar-refractivity contribution in [1.29, 1.82) is 5.26 Å². The van der Waals surface area contributed by atoms with Crippen LogP contribution in [0.2, 0.25) is 5.02 Å². The first-order valence-corrected chi connectivity index (χ1v) is 7.66. The fourth-order valence-corrected chi connectivity index (χ4v) is 2.29. The van der Waals surface area contributed by atoms with Gasteiger partial charge in [0.2, 0.25) is 5.95 Å². The summed E-state index contributed by atoms with van der Waals surface area (Å²) in [5.74, 6) is 1.13. The largest absolute Gasteiger partial charge is 0.340 e. The molecule has 0 saturated carbocycles. The molecule has 0 saturated heterocycles. The Morgan fingerprint density at radius 1 is 0.958 bits per heavy atom. The topological polar surface area (TPSA) is 73.6 Å². The Balaban J connectivity index is 1.83. The highest BCUT2D eigenvalue weighted by molar-refractivity contribution is 6.30. The van der Waals surface area contributed by atoms with Crippen molar-refractivity contribution in [2.75, 3.05) is 10.6 Å². The number of nitriles is 1. The normalized spacial score (nSPS) is 10.0. The van der Waals surface area contributed by atoms with E-state index in [-0.39, 0.29) is 0 Å². The van der Waals surface area contributed by atoms with Crippen molar-refractivity contribution >= 4 is 34.7 Å². The van der Waals surface area contributed by atoms with Crippen LogP contribution in [0.3, 0.4) is 0 Å². The van der Waals surface area contributed by atoms with Gasteiger partial charge in [-0.3, -0.25) is 0 Å². The SMILES string of the molecule is Cc1cc(Nc2cccc(C#N)c2)nc(Nc2ccc(Cl)cc2)n1. The molecule has 0 radical (unpaired) electrons. The zero-order valence-corrected chi connectivity index (χ0v) is 13.7. The maximum atomic E-state index is 8.98. The van der Waals surface area contributed by atoms with Crippen LogP contribution in [0.5, 0.6) is 0 Å². The molecule has 24 heavy (non-hydrogen) atoms. The van der Waals surface area contributed by atoms with Gasteiger partial charge in [0.25, 0.3) is 0 Å². The van der Waals surface area contributed by atoms with Gasteiger partial charge in [0, 0.05) is 28.2 Å². The van der Waals surface area contributed by atoms with Crippen LogP contribution in [-0.2, 0) is 0 Å². The molecule has 5 nitrogen and oxygen atoms in total. The van der Waals surface area contributed by atoms with E-state index in [0.717, 1.165) is 17.1 Å². The van der Waals surface area contributed by atoms with Gasteiger partial charge >= 0.3 is 0 Å². The number of hydrogen-bond acceptors (Lipinski definition) is 5. The molecule has 3 aromatic rings. The van der Waals surface area contributed by atoms with Crippen LogP contribution >= 0.6 is 11.6 Å². The number of rotatable bonds is 4. The minimum atomic E-state index is 0.483. The maximum Gasteiger partial charge on any atom is 0.229 e. The minimum Gasteiger partial charge on any atom is -0.340 e. The van der Waals surface area contributed by atoms with E-state index in [1.165, 1.54) is 0 Å². The van der Waals surface area contributed by atoms with Gasteiger partial charge in [0.15, 0.2) is 0 Å². The highest BCUT2D eigenvalue weighted by Crippen LogP contribution is 2.20. The molecule has 2 aromatic carbocycles. The van der Waals surface area contributed by atoms with Crippen molar-refractivity contribution in [2.45, 2.75) is 6.92 Å². The number of hydrogen-bond donors (Lipinski definition) is 2. The Hall–Kier alpha value is -3.10. The summed E-state index contributed by atoms with van der Waals surface area (Å²) in [6.07, 6.45) is 0. The molecule has 0 unspecified atom stereocenters. The van der Waals surface area contributed by atoms with Gasteiger partial charge in [-0.25, -0.2) is 4.98 Å². The van der Waals surface area contributed by atoms with E-state index in [9.17, 15) is 0 Å². The number of halogens is 1. The summed E-state index contributed by atoms with van der Waals surface area (Å²) < 4.78 is 0. The van der Waals surface area contributed by atoms with Gasteiger partial charge in [0.1, 0.15) is 5.82 Å². The molecule has 0 fully saturated rings. The third-order valence-corrected chi connectivity index (χ3v) is 3.47. The standard InChI is InChI=1S/C18H14ClN5/c1-12-9-17(22-16-4-2-3-13(10-16)11-20)24-18(21-12)23-15-7-5-14(19)6-8-15/h2-10H,1H3,(H2,21,22,23,24). The number of aromatic nitrogens is 2. The van der Waals surface area contributed by atoms with Gasteiger partial charge < -0.3 is 10.6 Å². The van der Waals surface area contributed by atoms with Crippen LogP contribution in [0, 0.1) is 18.3 Å². The number of benzene rings is 2.